The summed E-state index contributed by atoms with van der Waals surface area (Å²) in [5, 5.41) is 2.67. The van der Waals surface area contributed by atoms with Gasteiger partial charge in [-0.3, -0.25) is 0 Å². The molecule has 7 heavy (non-hydrogen) atoms. The van der Waals surface area contributed by atoms with Crippen molar-refractivity contribution in [3.63, 3.8) is 0 Å². The van der Waals surface area contributed by atoms with Crippen LogP contribution in [0.25, 0.3) is 0 Å². The molecule has 40 valence electrons. The van der Waals surface area contributed by atoms with Gasteiger partial charge in [0.2, 0.25) is 0 Å². The second kappa shape index (κ2) is 4.04. The summed E-state index contributed by atoms with van der Waals surface area (Å²) in [4.78, 5) is 0. The fourth-order valence-corrected chi connectivity index (χ4v) is 0.528. The molecule has 0 amide bonds. The summed E-state index contributed by atoms with van der Waals surface area (Å²) in [6.45, 7) is 4.15. The molecule has 0 unspecified atom stereocenters. The Labute approximate surface area is 50.2 Å². The zero-order valence-corrected chi connectivity index (χ0v) is 5.64. The molecule has 0 aromatic rings. The summed E-state index contributed by atoms with van der Waals surface area (Å²) in [5.74, 6) is 0. The molecular formula is C6H10S. The number of thiocarbonyl (C=S) groups is 1. The summed E-state index contributed by atoms with van der Waals surface area (Å²) >= 11 is 4.55. The molecule has 0 aromatic carbocycles. The number of rotatable bonds is 2. The maximum atomic E-state index is 4.55. The zero-order valence-electron chi connectivity index (χ0n) is 4.82. The van der Waals surface area contributed by atoms with E-state index in [0.29, 0.717) is 0 Å². The van der Waals surface area contributed by atoms with Crippen LogP contribution in [0, 0.1) is 0 Å². The third kappa shape index (κ3) is 3.71. The van der Waals surface area contributed by atoms with Crippen molar-refractivity contribution < 1.29 is 0 Å². The van der Waals surface area contributed by atoms with E-state index >= 15 is 0 Å². The maximum absolute atomic E-state index is 4.55. The Hall–Kier alpha value is -0.130. The van der Waals surface area contributed by atoms with Crippen LogP contribution in [-0.2, 0) is 0 Å². The lowest BCUT2D eigenvalue weighted by atomic mass is 10.2. The summed E-state index contributed by atoms with van der Waals surface area (Å²) in [5.41, 5.74) is 1.19. The van der Waals surface area contributed by atoms with E-state index in [1.165, 1.54) is 12.0 Å². The molecule has 0 spiro atoms. The Morgan fingerprint density at radius 1 is 1.71 bits per heavy atom. The van der Waals surface area contributed by atoms with Crippen molar-refractivity contribution in [3.05, 3.63) is 5.57 Å². The average Bonchev–Trinajstić information content (AvgIpc) is 1.68. The summed E-state index contributed by atoms with van der Waals surface area (Å²) < 4.78 is 0. The first-order valence-corrected chi connectivity index (χ1v) is 2.92. The van der Waals surface area contributed by atoms with Crippen molar-refractivity contribution in [2.75, 3.05) is 0 Å². The van der Waals surface area contributed by atoms with Crippen LogP contribution in [0.4, 0.5) is 0 Å². The molecule has 0 saturated carbocycles. The molecule has 0 nitrogen and oxygen atoms in total. The topological polar surface area (TPSA) is 0 Å². The first kappa shape index (κ1) is 6.87. The predicted molar refractivity (Wildman–Crippen MR) is 36.7 cm³/mol. The number of hydrogen-bond donors (Lipinski definition) is 0. The molecule has 0 heterocycles. The van der Waals surface area contributed by atoms with Gasteiger partial charge in [-0.25, -0.2) is 0 Å². The molecule has 0 bridgehead atoms. The van der Waals surface area contributed by atoms with Crippen molar-refractivity contribution in [2.45, 2.75) is 26.7 Å². The number of hydrogen-bond acceptors (Lipinski definition) is 1. The van der Waals surface area contributed by atoms with E-state index in [4.69, 9.17) is 0 Å². The average molecular weight is 114 g/mol. The quantitative estimate of drug-likeness (QED) is 0.496. The van der Waals surface area contributed by atoms with Crippen LogP contribution in [0.2, 0.25) is 0 Å². The van der Waals surface area contributed by atoms with E-state index in [0.717, 1.165) is 6.42 Å². The molecule has 0 radical (unpaired) electrons. The number of allylic oxidation sites excluding steroid dienone is 1. The van der Waals surface area contributed by atoms with E-state index in [9.17, 15) is 0 Å². The van der Waals surface area contributed by atoms with Gasteiger partial charge in [0, 0.05) is 0 Å². The molecule has 1 heteroatoms. The van der Waals surface area contributed by atoms with Gasteiger partial charge < -0.3 is 0 Å². The van der Waals surface area contributed by atoms with E-state index < -0.39 is 0 Å². The van der Waals surface area contributed by atoms with Gasteiger partial charge in [0.15, 0.2) is 0 Å². The molecule has 0 rings (SSSR count). The van der Waals surface area contributed by atoms with Crippen LogP contribution in [0.15, 0.2) is 5.57 Å². The van der Waals surface area contributed by atoms with Crippen LogP contribution >= 0.6 is 12.2 Å². The van der Waals surface area contributed by atoms with E-state index in [2.05, 4.69) is 24.2 Å². The molecule has 0 fully saturated rings. The van der Waals surface area contributed by atoms with Crippen LogP contribution < -0.4 is 0 Å². The van der Waals surface area contributed by atoms with Gasteiger partial charge in [-0.2, -0.15) is 0 Å². The molecule has 0 aliphatic rings. The van der Waals surface area contributed by atoms with Crippen molar-refractivity contribution in [2.24, 2.45) is 0 Å². The molecule has 0 aliphatic carbocycles. The Kier molecular flexibility index (Phi) is 3.97. The van der Waals surface area contributed by atoms with E-state index in [1.54, 1.807) is 0 Å². The molecule has 0 saturated heterocycles. The van der Waals surface area contributed by atoms with Crippen molar-refractivity contribution >= 4 is 17.2 Å². The summed E-state index contributed by atoms with van der Waals surface area (Å²) in [6, 6.07) is 0. The lowest BCUT2D eigenvalue weighted by molar-refractivity contribution is 0.917. The van der Waals surface area contributed by atoms with E-state index in [1.807, 2.05) is 6.92 Å². The minimum atomic E-state index is 1.10. The normalized spacial score (nSPS) is 7.71. The largest absolute Gasteiger partial charge is 0.0651 e. The highest BCUT2D eigenvalue weighted by Gasteiger charge is 1.80. The monoisotopic (exact) mass is 114 g/mol. The molecule has 0 atom stereocenters. The lowest BCUT2D eigenvalue weighted by Gasteiger charge is -1.86. The third-order valence-electron chi connectivity index (χ3n) is 0.799. The zero-order chi connectivity index (χ0) is 5.70. The van der Waals surface area contributed by atoms with Gasteiger partial charge in [0.05, 0.1) is 0 Å². The first-order valence-electron chi connectivity index (χ1n) is 2.51. The third-order valence-corrected chi connectivity index (χ3v) is 1.15. The van der Waals surface area contributed by atoms with E-state index in [-0.39, 0.29) is 0 Å². The molecular weight excluding hydrogens is 104 g/mol. The second-order valence-electron chi connectivity index (χ2n) is 1.63. The molecule has 0 N–H and O–H groups in total. The fourth-order valence-electron chi connectivity index (χ4n) is 0.426. The Morgan fingerprint density at radius 2 is 2.29 bits per heavy atom. The summed E-state index contributed by atoms with van der Waals surface area (Å²) in [7, 11) is 0. The minimum Gasteiger partial charge on any atom is -0.0651 e. The van der Waals surface area contributed by atoms with Gasteiger partial charge in [-0.1, -0.05) is 13.3 Å². The Balaban J connectivity index is 3.37. The van der Waals surface area contributed by atoms with Gasteiger partial charge >= 0.3 is 0 Å². The van der Waals surface area contributed by atoms with Crippen molar-refractivity contribution in [1.82, 2.24) is 0 Å². The maximum Gasteiger partial charge on any atom is -0.0199 e. The Bertz CT molecular complexity index is 88.4. The SMILES string of the molecule is CCCC(C)=C=S. The minimum absolute atomic E-state index is 1.10. The first-order chi connectivity index (χ1) is 3.31. The van der Waals surface area contributed by atoms with Crippen LogP contribution in [0.1, 0.15) is 26.7 Å². The van der Waals surface area contributed by atoms with Crippen LogP contribution in [0.3, 0.4) is 0 Å². The van der Waals surface area contributed by atoms with Gasteiger partial charge in [0.1, 0.15) is 0 Å². The lowest BCUT2D eigenvalue weighted by Crippen LogP contribution is -1.71. The van der Waals surface area contributed by atoms with Gasteiger partial charge in [-0.05, 0) is 36.2 Å². The second-order valence-corrected chi connectivity index (χ2v) is 1.84. The van der Waals surface area contributed by atoms with Crippen LogP contribution in [0.5, 0.6) is 0 Å². The highest BCUT2D eigenvalue weighted by Crippen LogP contribution is 1.96. The molecule has 0 aromatic heterocycles. The van der Waals surface area contributed by atoms with Crippen molar-refractivity contribution in [1.29, 1.82) is 0 Å². The molecule has 0 aliphatic heterocycles. The predicted octanol–water partition coefficient (Wildman–Crippen LogP) is 2.33. The standard InChI is InChI=1S/C6H10S/c1-3-4-6(2)5-7/h3-4H2,1-2H3. The van der Waals surface area contributed by atoms with Crippen molar-refractivity contribution in [3.8, 4) is 0 Å². The van der Waals surface area contributed by atoms with Gasteiger partial charge in [0.25, 0.3) is 0 Å². The van der Waals surface area contributed by atoms with Gasteiger partial charge in [-0.15, -0.1) is 0 Å². The fraction of sp³-hybridized carbons (Fsp3) is 0.667. The smallest absolute Gasteiger partial charge is 0.0199 e. The highest BCUT2D eigenvalue weighted by atomic mass is 32.1. The highest BCUT2D eigenvalue weighted by molar-refractivity contribution is 7.78. The van der Waals surface area contributed by atoms with Crippen LogP contribution in [-0.4, -0.2) is 5.02 Å². The Morgan fingerprint density at radius 3 is 2.43 bits per heavy atom. The summed E-state index contributed by atoms with van der Waals surface area (Å²) in [6.07, 6.45) is 2.28.